The van der Waals surface area contributed by atoms with Gasteiger partial charge in [0.05, 0.1) is 0 Å². The van der Waals surface area contributed by atoms with Gasteiger partial charge in [0.25, 0.3) is 0 Å². The second-order valence-corrected chi connectivity index (χ2v) is 4.91. The first-order chi connectivity index (χ1) is 9.26. The van der Waals surface area contributed by atoms with E-state index in [0.29, 0.717) is 11.8 Å². The second-order valence-electron chi connectivity index (χ2n) is 4.91. The molecule has 0 aromatic carbocycles. The molecule has 0 saturated heterocycles. The van der Waals surface area contributed by atoms with E-state index in [2.05, 4.69) is 80.0 Å². The summed E-state index contributed by atoms with van der Waals surface area (Å²) in [5.74, 6) is 0.755. The highest BCUT2D eigenvalue weighted by Crippen LogP contribution is 2.27. The molecule has 0 N–H and O–H groups in total. The Balaban J connectivity index is 2.23. The van der Waals surface area contributed by atoms with Gasteiger partial charge in [0.2, 0.25) is 0 Å². The largest absolute Gasteiger partial charge is 0.375 e. The molecule has 0 fully saturated rings. The molecule has 100 valence electrons. The molecule has 0 radical (unpaired) electrons. The monoisotopic (exact) mass is 253 g/mol. The second kappa shape index (κ2) is 6.42. The first-order valence-corrected chi connectivity index (χ1v) is 7.11. The lowest BCUT2D eigenvalue weighted by atomic mass is 9.97. The molecule has 2 aliphatic rings. The summed E-state index contributed by atoms with van der Waals surface area (Å²) >= 11 is 0. The first kappa shape index (κ1) is 13.7. The summed E-state index contributed by atoms with van der Waals surface area (Å²) < 4.78 is 0. The quantitative estimate of drug-likeness (QED) is 0.640. The Morgan fingerprint density at radius 2 is 1.42 bits per heavy atom. The predicted molar refractivity (Wildman–Crippen MR) is 83.7 cm³/mol. The van der Waals surface area contributed by atoms with Crippen molar-refractivity contribution in [1.29, 1.82) is 0 Å². The third kappa shape index (κ3) is 3.17. The molecule has 1 nitrogen and oxygen atoms in total. The number of nitrogens with zero attached hydrogens (tertiary/aromatic N) is 1. The predicted octanol–water partition coefficient (Wildman–Crippen LogP) is 4.25. The smallest absolute Gasteiger partial charge is 0.0355 e. The molecule has 2 rings (SSSR count). The van der Waals surface area contributed by atoms with Gasteiger partial charge in [0.15, 0.2) is 0 Å². The molecule has 0 heterocycles. The minimum Gasteiger partial charge on any atom is -0.375 e. The van der Waals surface area contributed by atoms with Crippen molar-refractivity contribution in [1.82, 2.24) is 4.90 Å². The van der Waals surface area contributed by atoms with Gasteiger partial charge in [-0.05, 0) is 25.5 Å². The maximum absolute atomic E-state index is 4.25. The molecule has 0 atom stereocenters. The molecular formula is C18H23N. The molecule has 0 saturated carbocycles. The maximum Gasteiger partial charge on any atom is 0.0355 e. The van der Waals surface area contributed by atoms with E-state index in [0.717, 1.165) is 13.1 Å². The average Bonchev–Trinajstić information content (AvgIpc) is 3.12. The zero-order valence-electron chi connectivity index (χ0n) is 11.9. The van der Waals surface area contributed by atoms with Crippen molar-refractivity contribution in [2.75, 3.05) is 13.1 Å². The van der Waals surface area contributed by atoms with Crippen LogP contribution in [0.2, 0.25) is 0 Å². The third-order valence-electron chi connectivity index (χ3n) is 3.73. The minimum absolute atomic E-state index is 0.361. The molecule has 2 aliphatic carbocycles. The van der Waals surface area contributed by atoms with E-state index in [9.17, 15) is 0 Å². The molecule has 0 unspecified atom stereocenters. The molecule has 0 amide bonds. The molecule has 0 aromatic rings. The van der Waals surface area contributed by atoms with Crippen LogP contribution in [0.1, 0.15) is 13.8 Å². The summed E-state index contributed by atoms with van der Waals surface area (Å²) in [5.41, 5.74) is 2.52. The normalized spacial score (nSPS) is 18.7. The summed E-state index contributed by atoms with van der Waals surface area (Å²) in [6.07, 6.45) is 19.6. The van der Waals surface area contributed by atoms with E-state index >= 15 is 0 Å². The summed E-state index contributed by atoms with van der Waals surface area (Å²) in [6, 6.07) is 0. The lowest BCUT2D eigenvalue weighted by Gasteiger charge is -2.28. The van der Waals surface area contributed by atoms with Crippen LogP contribution in [0.25, 0.3) is 0 Å². The Bertz CT molecular complexity index is 446. The van der Waals surface area contributed by atoms with Gasteiger partial charge in [-0.3, -0.25) is 0 Å². The van der Waals surface area contributed by atoms with Gasteiger partial charge >= 0.3 is 0 Å². The van der Waals surface area contributed by atoms with Gasteiger partial charge in [0.1, 0.15) is 0 Å². The van der Waals surface area contributed by atoms with E-state index in [1.165, 1.54) is 11.3 Å². The summed E-state index contributed by atoms with van der Waals surface area (Å²) in [6.45, 7) is 10.7. The molecular weight excluding hydrogens is 230 g/mol. The first-order valence-electron chi connectivity index (χ1n) is 7.11. The molecule has 0 spiro atoms. The average molecular weight is 253 g/mol. The lowest BCUT2D eigenvalue weighted by Crippen LogP contribution is -2.26. The van der Waals surface area contributed by atoms with Crippen LogP contribution in [0.5, 0.6) is 0 Å². The maximum atomic E-state index is 4.25. The van der Waals surface area contributed by atoms with Crippen LogP contribution in [-0.2, 0) is 0 Å². The highest BCUT2D eigenvalue weighted by Gasteiger charge is 2.17. The van der Waals surface area contributed by atoms with Crippen LogP contribution in [0.4, 0.5) is 0 Å². The topological polar surface area (TPSA) is 3.24 Å². The standard InChI is InChI=1S/C18H23N/c1-4-19(5-2)18(17-12-8-9-13-17)14-15(3)16-10-6-7-11-16/h6-14,16-17H,3-5H2,1-2H3. The van der Waals surface area contributed by atoms with Crippen molar-refractivity contribution in [3.8, 4) is 0 Å². The van der Waals surface area contributed by atoms with E-state index < -0.39 is 0 Å². The summed E-state index contributed by atoms with van der Waals surface area (Å²) in [5, 5.41) is 0. The highest BCUT2D eigenvalue weighted by atomic mass is 15.1. The van der Waals surface area contributed by atoms with Crippen molar-refractivity contribution in [2.45, 2.75) is 13.8 Å². The fraction of sp³-hybridized carbons (Fsp3) is 0.333. The molecule has 0 aliphatic heterocycles. The van der Waals surface area contributed by atoms with E-state index in [4.69, 9.17) is 0 Å². The van der Waals surface area contributed by atoms with Crippen molar-refractivity contribution >= 4 is 0 Å². The van der Waals surface area contributed by atoms with Crippen LogP contribution >= 0.6 is 0 Å². The fourth-order valence-electron chi connectivity index (χ4n) is 2.58. The van der Waals surface area contributed by atoms with Crippen LogP contribution in [0, 0.1) is 11.8 Å². The van der Waals surface area contributed by atoms with E-state index in [-0.39, 0.29) is 0 Å². The number of rotatable bonds is 6. The van der Waals surface area contributed by atoms with Gasteiger partial charge in [-0.25, -0.2) is 0 Å². The van der Waals surface area contributed by atoms with Gasteiger partial charge in [0, 0.05) is 30.6 Å². The van der Waals surface area contributed by atoms with Crippen molar-refractivity contribution in [2.24, 2.45) is 11.8 Å². The van der Waals surface area contributed by atoms with Crippen LogP contribution in [0.15, 0.2) is 72.5 Å². The number of hydrogen-bond acceptors (Lipinski definition) is 1. The highest BCUT2D eigenvalue weighted by molar-refractivity contribution is 5.38. The lowest BCUT2D eigenvalue weighted by molar-refractivity contribution is 0.360. The third-order valence-corrected chi connectivity index (χ3v) is 3.73. The molecule has 0 bridgehead atoms. The molecule has 1 heteroatoms. The number of allylic oxidation sites excluding steroid dienone is 9. The van der Waals surface area contributed by atoms with E-state index in [1.54, 1.807) is 0 Å². The Hall–Kier alpha value is -1.76. The molecule has 19 heavy (non-hydrogen) atoms. The van der Waals surface area contributed by atoms with Crippen LogP contribution < -0.4 is 0 Å². The number of hydrogen-bond donors (Lipinski definition) is 0. The fourth-order valence-corrected chi connectivity index (χ4v) is 2.58. The minimum atomic E-state index is 0.361. The van der Waals surface area contributed by atoms with Crippen molar-refractivity contribution < 1.29 is 0 Å². The zero-order valence-corrected chi connectivity index (χ0v) is 11.9. The SMILES string of the molecule is C=C(C=C(C1C=CC=C1)N(CC)CC)C1C=CC=C1. The summed E-state index contributed by atoms with van der Waals surface area (Å²) in [7, 11) is 0. The van der Waals surface area contributed by atoms with Crippen molar-refractivity contribution in [3.63, 3.8) is 0 Å². The van der Waals surface area contributed by atoms with Gasteiger partial charge in [-0.1, -0.05) is 55.2 Å². The zero-order chi connectivity index (χ0) is 13.7. The van der Waals surface area contributed by atoms with Gasteiger partial charge in [-0.2, -0.15) is 0 Å². The van der Waals surface area contributed by atoms with E-state index in [1.807, 2.05) is 0 Å². The Kier molecular flexibility index (Phi) is 4.62. The Labute approximate surface area is 117 Å². The van der Waals surface area contributed by atoms with Crippen LogP contribution in [-0.4, -0.2) is 18.0 Å². The van der Waals surface area contributed by atoms with Crippen LogP contribution in [0.3, 0.4) is 0 Å². The Morgan fingerprint density at radius 3 is 1.89 bits per heavy atom. The summed E-state index contributed by atoms with van der Waals surface area (Å²) in [4.78, 5) is 2.41. The van der Waals surface area contributed by atoms with Crippen molar-refractivity contribution in [3.05, 3.63) is 72.5 Å². The molecule has 0 aromatic heterocycles. The van der Waals surface area contributed by atoms with Gasteiger partial charge < -0.3 is 4.90 Å². The Morgan fingerprint density at radius 1 is 0.947 bits per heavy atom. The van der Waals surface area contributed by atoms with Gasteiger partial charge in [-0.15, -0.1) is 0 Å².